The number of rotatable bonds is 6. The Kier molecular flexibility index (Phi) is 5.99. The highest BCUT2D eigenvalue weighted by atomic mass is 16.5. The molecule has 0 saturated heterocycles. The maximum atomic E-state index is 11.9. The average Bonchev–Trinajstić information content (AvgIpc) is 2.54. The van der Waals surface area contributed by atoms with Crippen molar-refractivity contribution in [3.63, 3.8) is 0 Å². The number of ether oxygens (including phenoxy) is 1. The number of benzene rings is 2. The van der Waals surface area contributed by atoms with Crippen molar-refractivity contribution in [2.24, 2.45) is 0 Å². The number of nitrogens with zero attached hydrogens (tertiary/aromatic N) is 1. The lowest BCUT2D eigenvalue weighted by Gasteiger charge is -2.39. The molecule has 4 nitrogen and oxygen atoms in total. The van der Waals surface area contributed by atoms with Crippen molar-refractivity contribution < 1.29 is 14.6 Å². The predicted octanol–water partition coefficient (Wildman–Crippen LogP) is 4.72. The lowest BCUT2D eigenvalue weighted by Crippen LogP contribution is -2.48. The molecule has 0 radical (unpaired) electrons. The number of carbonyl (C=O) groups is 1. The summed E-state index contributed by atoms with van der Waals surface area (Å²) in [6.45, 7) is 6.46. The van der Waals surface area contributed by atoms with Gasteiger partial charge < -0.3 is 9.84 Å². The van der Waals surface area contributed by atoms with Crippen molar-refractivity contribution in [1.29, 1.82) is 0 Å². The normalized spacial score (nSPS) is 12.6. The third-order valence-electron chi connectivity index (χ3n) is 3.81. The second-order valence-electron chi connectivity index (χ2n) is 6.75. The largest absolute Gasteiger partial charge is 0.465 e. The summed E-state index contributed by atoms with van der Waals surface area (Å²) in [6, 6.07) is 19.2. The van der Waals surface area contributed by atoms with Crippen LogP contribution in [0.3, 0.4) is 0 Å². The van der Waals surface area contributed by atoms with Gasteiger partial charge in [0.25, 0.3) is 0 Å². The van der Waals surface area contributed by atoms with Crippen molar-refractivity contribution in [3.05, 3.63) is 71.8 Å². The van der Waals surface area contributed by atoms with Gasteiger partial charge >= 0.3 is 6.09 Å². The van der Waals surface area contributed by atoms with Crippen molar-refractivity contribution in [1.82, 2.24) is 4.90 Å². The second kappa shape index (κ2) is 7.97. The molecule has 0 heterocycles. The third-order valence-corrected chi connectivity index (χ3v) is 3.81. The van der Waals surface area contributed by atoms with Crippen LogP contribution in [0.15, 0.2) is 60.7 Å². The summed E-state index contributed by atoms with van der Waals surface area (Å²) in [5.74, 6) is 0. The van der Waals surface area contributed by atoms with Crippen LogP contribution in [-0.2, 0) is 11.3 Å². The molecule has 0 aromatic heterocycles. The summed E-state index contributed by atoms with van der Waals surface area (Å²) in [6.07, 6.45) is -0.945. The molecule has 0 bridgehead atoms. The highest BCUT2D eigenvalue weighted by Gasteiger charge is 2.34. The minimum Gasteiger partial charge on any atom is -0.465 e. The van der Waals surface area contributed by atoms with Crippen LogP contribution < -0.4 is 0 Å². The molecule has 24 heavy (non-hydrogen) atoms. The van der Waals surface area contributed by atoms with Gasteiger partial charge in [-0.3, -0.25) is 4.90 Å². The van der Waals surface area contributed by atoms with Gasteiger partial charge in [0.1, 0.15) is 0 Å². The van der Waals surface area contributed by atoms with Crippen LogP contribution in [0, 0.1) is 0 Å². The molecule has 2 rings (SSSR count). The summed E-state index contributed by atoms with van der Waals surface area (Å²) in [7, 11) is 0. The van der Waals surface area contributed by atoms with Gasteiger partial charge in [0.05, 0.1) is 19.3 Å². The molecular formula is C20H25NO3. The fourth-order valence-corrected chi connectivity index (χ4v) is 2.75. The van der Waals surface area contributed by atoms with Gasteiger partial charge in [0, 0.05) is 5.54 Å². The molecule has 128 valence electrons. The Morgan fingerprint density at radius 3 is 2.08 bits per heavy atom. The monoisotopic (exact) mass is 327 g/mol. The molecule has 1 N–H and O–H groups in total. The van der Waals surface area contributed by atoms with Gasteiger partial charge in [0.15, 0.2) is 0 Å². The highest BCUT2D eigenvalue weighted by molar-refractivity contribution is 5.67. The molecule has 0 aliphatic carbocycles. The Labute approximate surface area is 143 Å². The van der Waals surface area contributed by atoms with Crippen LogP contribution in [0.4, 0.5) is 4.79 Å². The summed E-state index contributed by atoms with van der Waals surface area (Å²) < 4.78 is 5.86. The summed E-state index contributed by atoms with van der Waals surface area (Å²) in [5.41, 5.74) is 1.48. The van der Waals surface area contributed by atoms with Crippen LogP contribution >= 0.6 is 0 Å². The minimum absolute atomic E-state index is 0.308. The summed E-state index contributed by atoms with van der Waals surface area (Å²) >= 11 is 0. The zero-order chi connectivity index (χ0) is 17.6. The van der Waals surface area contributed by atoms with Gasteiger partial charge in [-0.1, -0.05) is 60.7 Å². The van der Waals surface area contributed by atoms with Gasteiger partial charge in [-0.15, -0.1) is 0 Å². The quantitative estimate of drug-likeness (QED) is 0.835. The van der Waals surface area contributed by atoms with E-state index in [1.807, 2.05) is 81.4 Å². The number of amides is 1. The standard InChI is InChI=1S/C20H25NO3/c1-20(2,3)21(19(22)23)18(17-12-8-5-9-13-17)15-24-14-16-10-6-4-7-11-16/h4-13,18H,14-15H2,1-3H3,(H,22,23). The highest BCUT2D eigenvalue weighted by Crippen LogP contribution is 2.29. The van der Waals surface area contributed by atoms with E-state index in [2.05, 4.69) is 0 Å². The molecule has 1 amide bonds. The van der Waals surface area contributed by atoms with Crippen molar-refractivity contribution in [2.75, 3.05) is 6.61 Å². The van der Waals surface area contributed by atoms with Crippen LogP contribution in [0.5, 0.6) is 0 Å². The fourth-order valence-electron chi connectivity index (χ4n) is 2.75. The molecule has 0 fully saturated rings. The molecule has 1 atom stereocenters. The summed E-state index contributed by atoms with van der Waals surface area (Å²) in [4.78, 5) is 13.3. The van der Waals surface area contributed by atoms with Crippen LogP contribution in [0.2, 0.25) is 0 Å². The van der Waals surface area contributed by atoms with Crippen LogP contribution in [0.25, 0.3) is 0 Å². The number of hydrogen-bond donors (Lipinski definition) is 1. The molecule has 2 aromatic rings. The first kappa shape index (κ1) is 18.0. The molecule has 1 unspecified atom stereocenters. The third kappa shape index (κ3) is 4.83. The topological polar surface area (TPSA) is 49.8 Å². The zero-order valence-corrected chi connectivity index (χ0v) is 14.5. The van der Waals surface area contributed by atoms with E-state index in [0.29, 0.717) is 13.2 Å². The first-order chi connectivity index (χ1) is 11.4. The van der Waals surface area contributed by atoms with E-state index in [0.717, 1.165) is 11.1 Å². The van der Waals surface area contributed by atoms with Crippen molar-refractivity contribution >= 4 is 6.09 Å². The van der Waals surface area contributed by atoms with Gasteiger partial charge in [-0.05, 0) is 31.9 Å². The van der Waals surface area contributed by atoms with Crippen LogP contribution in [-0.4, -0.2) is 28.2 Å². The maximum Gasteiger partial charge on any atom is 0.408 e. The van der Waals surface area contributed by atoms with Crippen molar-refractivity contribution in [2.45, 2.75) is 39.0 Å². The Morgan fingerprint density at radius 1 is 1.04 bits per heavy atom. The molecule has 0 saturated carbocycles. The van der Waals surface area contributed by atoms with E-state index in [1.165, 1.54) is 4.90 Å². The minimum atomic E-state index is -0.945. The van der Waals surface area contributed by atoms with Crippen LogP contribution in [0.1, 0.15) is 37.9 Å². The first-order valence-corrected chi connectivity index (χ1v) is 8.08. The molecule has 0 aliphatic rings. The molecule has 0 spiro atoms. The lowest BCUT2D eigenvalue weighted by atomic mass is 9.99. The van der Waals surface area contributed by atoms with Gasteiger partial charge in [0.2, 0.25) is 0 Å². The predicted molar refractivity (Wildman–Crippen MR) is 94.9 cm³/mol. The first-order valence-electron chi connectivity index (χ1n) is 8.08. The Balaban J connectivity index is 2.18. The number of carboxylic acid groups (broad SMARTS) is 1. The second-order valence-corrected chi connectivity index (χ2v) is 6.75. The molecule has 0 aliphatic heterocycles. The van der Waals surface area contributed by atoms with E-state index in [-0.39, 0.29) is 6.04 Å². The van der Waals surface area contributed by atoms with E-state index in [4.69, 9.17) is 4.74 Å². The Bertz CT molecular complexity index is 635. The lowest BCUT2D eigenvalue weighted by molar-refractivity contribution is 0.0143. The summed E-state index contributed by atoms with van der Waals surface area (Å²) in [5, 5.41) is 9.73. The van der Waals surface area contributed by atoms with Gasteiger partial charge in [-0.2, -0.15) is 0 Å². The molecule has 2 aromatic carbocycles. The molecular weight excluding hydrogens is 302 g/mol. The van der Waals surface area contributed by atoms with Crippen molar-refractivity contribution in [3.8, 4) is 0 Å². The molecule has 4 heteroatoms. The fraction of sp³-hybridized carbons (Fsp3) is 0.350. The van der Waals surface area contributed by atoms with E-state index >= 15 is 0 Å². The smallest absolute Gasteiger partial charge is 0.408 e. The van der Waals surface area contributed by atoms with Gasteiger partial charge in [-0.25, -0.2) is 4.79 Å². The van der Waals surface area contributed by atoms with E-state index in [1.54, 1.807) is 0 Å². The average molecular weight is 327 g/mol. The Morgan fingerprint density at radius 2 is 1.58 bits per heavy atom. The van der Waals surface area contributed by atoms with E-state index < -0.39 is 11.6 Å². The van der Waals surface area contributed by atoms with E-state index in [9.17, 15) is 9.90 Å². The number of hydrogen-bond acceptors (Lipinski definition) is 2. The maximum absolute atomic E-state index is 11.9. The SMILES string of the molecule is CC(C)(C)N(C(=O)O)C(COCc1ccccc1)c1ccccc1. The zero-order valence-electron chi connectivity index (χ0n) is 14.5. The Hall–Kier alpha value is -2.33.